The Morgan fingerprint density at radius 1 is 1.50 bits per heavy atom. The van der Waals surface area contributed by atoms with Crippen LogP contribution in [0.2, 0.25) is 0 Å². The Morgan fingerprint density at radius 2 is 2.17 bits per heavy atom. The van der Waals surface area contributed by atoms with Crippen LogP contribution in [0.1, 0.15) is 13.8 Å². The number of hydrogen-bond donors (Lipinski definition) is 3. The third-order valence-electron chi connectivity index (χ3n) is 2.43. The SMILES string of the molecule is CNC(=O)C(C)(C)CNC(=O)Cn1cnc(N)n1. The van der Waals surface area contributed by atoms with Crippen LogP contribution in [0.4, 0.5) is 5.95 Å². The molecule has 1 aromatic heterocycles. The topological polar surface area (TPSA) is 115 Å². The fourth-order valence-corrected chi connectivity index (χ4v) is 1.33. The molecule has 0 atom stereocenters. The Kier molecular flexibility index (Phi) is 4.24. The van der Waals surface area contributed by atoms with Crippen LogP contribution in [0.3, 0.4) is 0 Å². The molecule has 0 aromatic carbocycles. The molecule has 1 aromatic rings. The van der Waals surface area contributed by atoms with Crippen molar-refractivity contribution in [2.75, 3.05) is 19.3 Å². The Morgan fingerprint density at radius 3 is 2.67 bits per heavy atom. The van der Waals surface area contributed by atoms with Crippen LogP contribution in [0, 0.1) is 5.41 Å². The highest BCUT2D eigenvalue weighted by atomic mass is 16.2. The van der Waals surface area contributed by atoms with Gasteiger partial charge in [0, 0.05) is 13.6 Å². The van der Waals surface area contributed by atoms with Gasteiger partial charge in [-0.25, -0.2) is 9.67 Å². The van der Waals surface area contributed by atoms with Crippen LogP contribution in [0.5, 0.6) is 0 Å². The maximum atomic E-state index is 11.6. The molecule has 4 N–H and O–H groups in total. The number of anilines is 1. The van der Waals surface area contributed by atoms with Crippen molar-refractivity contribution in [3.8, 4) is 0 Å². The molecular weight excluding hydrogens is 236 g/mol. The van der Waals surface area contributed by atoms with Gasteiger partial charge >= 0.3 is 0 Å². The predicted octanol–water partition coefficient (Wildman–Crippen LogP) is -1.25. The van der Waals surface area contributed by atoms with Crippen LogP contribution < -0.4 is 16.4 Å². The van der Waals surface area contributed by atoms with E-state index in [4.69, 9.17) is 5.73 Å². The Bertz CT molecular complexity index is 439. The minimum atomic E-state index is -0.661. The van der Waals surface area contributed by atoms with Gasteiger partial charge in [-0.05, 0) is 13.8 Å². The van der Waals surface area contributed by atoms with Gasteiger partial charge in [-0.15, -0.1) is 5.10 Å². The lowest BCUT2D eigenvalue weighted by Gasteiger charge is -2.22. The van der Waals surface area contributed by atoms with Gasteiger partial charge in [-0.2, -0.15) is 0 Å². The van der Waals surface area contributed by atoms with Gasteiger partial charge in [0.05, 0.1) is 5.41 Å². The number of nitrogens with one attached hydrogen (secondary N) is 2. The number of hydrogen-bond acceptors (Lipinski definition) is 5. The van der Waals surface area contributed by atoms with Gasteiger partial charge in [0.2, 0.25) is 17.8 Å². The highest BCUT2D eigenvalue weighted by Gasteiger charge is 2.26. The molecule has 0 fully saturated rings. The monoisotopic (exact) mass is 254 g/mol. The van der Waals surface area contributed by atoms with Crippen LogP contribution in [-0.2, 0) is 16.1 Å². The third-order valence-corrected chi connectivity index (χ3v) is 2.43. The van der Waals surface area contributed by atoms with Crippen molar-refractivity contribution in [3.63, 3.8) is 0 Å². The van der Waals surface area contributed by atoms with E-state index in [0.717, 1.165) is 0 Å². The van der Waals surface area contributed by atoms with Crippen molar-refractivity contribution in [1.29, 1.82) is 0 Å². The number of nitrogens with two attached hydrogens (primary N) is 1. The standard InChI is InChI=1S/C10H18N6O2/c1-10(2,8(18)12-3)5-13-7(17)4-16-6-14-9(11)15-16/h6H,4-5H2,1-3H3,(H2,11,15)(H,12,18)(H,13,17). The largest absolute Gasteiger partial charge is 0.367 e. The number of carbonyl (C=O) groups excluding carboxylic acids is 2. The number of carbonyl (C=O) groups is 2. The molecule has 1 heterocycles. The summed E-state index contributed by atoms with van der Waals surface area (Å²) < 4.78 is 1.33. The van der Waals surface area contributed by atoms with Crippen molar-refractivity contribution in [1.82, 2.24) is 25.4 Å². The average Bonchev–Trinajstić information content (AvgIpc) is 2.71. The number of nitrogens with zero attached hydrogens (tertiary/aromatic N) is 3. The van der Waals surface area contributed by atoms with Crippen LogP contribution in [0.25, 0.3) is 0 Å². The maximum absolute atomic E-state index is 11.6. The molecule has 100 valence electrons. The normalized spacial score (nSPS) is 11.1. The molecule has 0 unspecified atom stereocenters. The van der Waals surface area contributed by atoms with Gasteiger partial charge in [0.15, 0.2) is 0 Å². The lowest BCUT2D eigenvalue weighted by atomic mass is 9.92. The summed E-state index contributed by atoms with van der Waals surface area (Å²) in [6, 6.07) is 0. The van der Waals surface area contributed by atoms with E-state index in [-0.39, 0.29) is 30.9 Å². The van der Waals surface area contributed by atoms with Crippen LogP contribution >= 0.6 is 0 Å². The molecule has 0 spiro atoms. The average molecular weight is 254 g/mol. The Hall–Kier alpha value is -2.12. The minimum absolute atomic E-state index is 0.0218. The molecule has 0 aliphatic heterocycles. The third kappa shape index (κ3) is 3.72. The van der Waals surface area contributed by atoms with Gasteiger partial charge in [0.1, 0.15) is 12.9 Å². The van der Waals surface area contributed by atoms with E-state index < -0.39 is 5.41 Å². The summed E-state index contributed by atoms with van der Waals surface area (Å²) in [6.07, 6.45) is 1.37. The summed E-state index contributed by atoms with van der Waals surface area (Å²) in [5, 5.41) is 9.00. The number of amides is 2. The molecule has 8 heteroatoms. The van der Waals surface area contributed by atoms with Crippen molar-refractivity contribution < 1.29 is 9.59 Å². The first-order valence-corrected chi connectivity index (χ1v) is 5.49. The minimum Gasteiger partial charge on any atom is -0.367 e. The zero-order chi connectivity index (χ0) is 13.8. The van der Waals surface area contributed by atoms with E-state index in [1.807, 2.05) is 0 Å². The molecule has 0 aliphatic rings. The Labute approximate surface area is 105 Å². The van der Waals surface area contributed by atoms with Gasteiger partial charge in [0.25, 0.3) is 0 Å². The van der Waals surface area contributed by atoms with E-state index in [0.29, 0.717) is 0 Å². The smallest absolute Gasteiger partial charge is 0.241 e. The van der Waals surface area contributed by atoms with Crippen LogP contribution in [-0.4, -0.2) is 40.2 Å². The predicted molar refractivity (Wildman–Crippen MR) is 65.3 cm³/mol. The van der Waals surface area contributed by atoms with E-state index in [9.17, 15) is 9.59 Å². The number of rotatable bonds is 5. The van der Waals surface area contributed by atoms with Gasteiger partial charge in [-0.1, -0.05) is 0 Å². The summed E-state index contributed by atoms with van der Waals surface area (Å²) in [7, 11) is 1.56. The van der Waals surface area contributed by atoms with Gasteiger partial charge < -0.3 is 16.4 Å². The van der Waals surface area contributed by atoms with Gasteiger partial charge in [-0.3, -0.25) is 9.59 Å². The number of aromatic nitrogens is 3. The molecule has 0 aliphatic carbocycles. The molecular formula is C10H18N6O2. The zero-order valence-electron chi connectivity index (χ0n) is 10.7. The first-order chi connectivity index (χ1) is 8.35. The molecule has 1 rings (SSSR count). The van der Waals surface area contributed by atoms with Crippen molar-refractivity contribution in [3.05, 3.63) is 6.33 Å². The zero-order valence-corrected chi connectivity index (χ0v) is 10.7. The fraction of sp³-hybridized carbons (Fsp3) is 0.600. The summed E-state index contributed by atoms with van der Waals surface area (Å²) in [4.78, 5) is 26.8. The maximum Gasteiger partial charge on any atom is 0.241 e. The second kappa shape index (κ2) is 5.48. The highest BCUT2D eigenvalue weighted by molar-refractivity contribution is 5.83. The summed E-state index contributed by atoms with van der Waals surface area (Å²) in [6.45, 7) is 3.77. The van der Waals surface area contributed by atoms with Crippen molar-refractivity contribution in [2.45, 2.75) is 20.4 Å². The lowest BCUT2D eigenvalue weighted by molar-refractivity contribution is -0.129. The molecule has 2 amide bonds. The molecule has 0 saturated heterocycles. The van der Waals surface area contributed by atoms with E-state index in [1.54, 1.807) is 20.9 Å². The first-order valence-electron chi connectivity index (χ1n) is 5.49. The molecule has 18 heavy (non-hydrogen) atoms. The highest BCUT2D eigenvalue weighted by Crippen LogP contribution is 2.12. The Balaban J connectivity index is 2.44. The molecule has 8 nitrogen and oxygen atoms in total. The quantitative estimate of drug-likeness (QED) is 0.607. The first kappa shape index (κ1) is 13.9. The fourth-order valence-electron chi connectivity index (χ4n) is 1.33. The molecule has 0 bridgehead atoms. The van der Waals surface area contributed by atoms with E-state index in [2.05, 4.69) is 20.7 Å². The second-order valence-corrected chi connectivity index (χ2v) is 4.54. The summed E-state index contributed by atoms with van der Waals surface area (Å²) in [5.74, 6) is -0.266. The summed E-state index contributed by atoms with van der Waals surface area (Å²) in [5.41, 5.74) is 4.67. The van der Waals surface area contributed by atoms with Crippen molar-refractivity contribution in [2.24, 2.45) is 5.41 Å². The van der Waals surface area contributed by atoms with E-state index >= 15 is 0 Å². The second-order valence-electron chi connectivity index (χ2n) is 4.54. The number of nitrogen functional groups attached to an aromatic ring is 1. The molecule has 0 radical (unpaired) electrons. The molecule has 0 saturated carbocycles. The van der Waals surface area contributed by atoms with Crippen LogP contribution in [0.15, 0.2) is 6.33 Å². The lowest BCUT2D eigenvalue weighted by Crippen LogP contribution is -2.44. The van der Waals surface area contributed by atoms with E-state index in [1.165, 1.54) is 11.0 Å². The van der Waals surface area contributed by atoms with Crippen molar-refractivity contribution >= 4 is 17.8 Å². The summed E-state index contributed by atoms with van der Waals surface area (Å²) >= 11 is 0.